The average Bonchev–Trinajstić information content (AvgIpc) is 2.95. The van der Waals surface area contributed by atoms with Crippen LogP contribution in [0.5, 0.6) is 0 Å². The molecular formula is C17H17NOS. The van der Waals surface area contributed by atoms with Gasteiger partial charge in [0.2, 0.25) is 0 Å². The molecule has 0 saturated heterocycles. The molecule has 3 heteroatoms. The summed E-state index contributed by atoms with van der Waals surface area (Å²) in [6, 6.07) is 14.1. The Morgan fingerprint density at radius 2 is 2.00 bits per heavy atom. The highest BCUT2D eigenvalue weighted by Gasteiger charge is 2.13. The highest BCUT2D eigenvalue weighted by Crippen LogP contribution is 2.30. The minimum Gasteiger partial charge on any atom is -0.383 e. The summed E-state index contributed by atoms with van der Waals surface area (Å²) in [5.41, 5.74) is 2.91. The molecule has 1 unspecified atom stereocenters. The van der Waals surface area contributed by atoms with Gasteiger partial charge < -0.3 is 5.11 Å². The molecule has 0 spiro atoms. The first-order chi connectivity index (χ1) is 9.67. The molecule has 20 heavy (non-hydrogen) atoms. The molecule has 3 rings (SSSR count). The lowest BCUT2D eigenvalue weighted by Gasteiger charge is -2.10. The number of thiophene rings is 1. The SMILES string of the molecule is CCc1ccc(C(O)c2ccc3nc(C)ccc3c2)s1. The van der Waals surface area contributed by atoms with Crippen LogP contribution in [0.25, 0.3) is 10.9 Å². The fourth-order valence-corrected chi connectivity index (χ4v) is 3.28. The summed E-state index contributed by atoms with van der Waals surface area (Å²) in [5.74, 6) is 0. The third kappa shape index (κ3) is 2.47. The number of aromatic nitrogens is 1. The first kappa shape index (κ1) is 13.3. The number of hydrogen-bond acceptors (Lipinski definition) is 3. The van der Waals surface area contributed by atoms with E-state index in [1.165, 1.54) is 4.88 Å². The molecule has 0 bridgehead atoms. The predicted molar refractivity (Wildman–Crippen MR) is 84.2 cm³/mol. The molecule has 3 aromatic rings. The van der Waals surface area contributed by atoms with E-state index in [2.05, 4.69) is 24.0 Å². The number of aliphatic hydroxyl groups excluding tert-OH is 1. The van der Waals surface area contributed by atoms with E-state index >= 15 is 0 Å². The van der Waals surface area contributed by atoms with Crippen molar-refractivity contribution < 1.29 is 5.11 Å². The molecular weight excluding hydrogens is 266 g/mol. The van der Waals surface area contributed by atoms with Gasteiger partial charge in [0.1, 0.15) is 6.10 Å². The summed E-state index contributed by atoms with van der Waals surface area (Å²) in [6.45, 7) is 4.12. The van der Waals surface area contributed by atoms with Crippen molar-refractivity contribution in [2.75, 3.05) is 0 Å². The van der Waals surface area contributed by atoms with E-state index in [0.717, 1.165) is 33.5 Å². The standard InChI is InChI=1S/C17H17NOS/c1-3-14-7-9-16(20-14)17(19)13-6-8-15-12(10-13)5-4-11(2)18-15/h4-10,17,19H,3H2,1-2H3. The molecule has 0 aliphatic rings. The maximum Gasteiger partial charge on any atom is 0.113 e. The van der Waals surface area contributed by atoms with Crippen LogP contribution >= 0.6 is 11.3 Å². The molecule has 0 fully saturated rings. The molecule has 1 atom stereocenters. The Morgan fingerprint density at radius 1 is 1.15 bits per heavy atom. The van der Waals surface area contributed by atoms with E-state index in [1.807, 2.05) is 37.3 Å². The Hall–Kier alpha value is -1.71. The first-order valence-corrected chi connectivity index (χ1v) is 7.63. The van der Waals surface area contributed by atoms with Crippen LogP contribution in [0.1, 0.15) is 34.0 Å². The summed E-state index contributed by atoms with van der Waals surface area (Å²) < 4.78 is 0. The molecule has 0 aliphatic carbocycles. The first-order valence-electron chi connectivity index (χ1n) is 6.81. The molecule has 2 nitrogen and oxygen atoms in total. The largest absolute Gasteiger partial charge is 0.383 e. The molecule has 0 amide bonds. The Bertz CT molecular complexity index is 748. The average molecular weight is 283 g/mol. The number of pyridine rings is 1. The Kier molecular flexibility index (Phi) is 3.55. The second-order valence-electron chi connectivity index (χ2n) is 4.96. The van der Waals surface area contributed by atoms with Gasteiger partial charge in [0, 0.05) is 20.8 Å². The van der Waals surface area contributed by atoms with E-state index in [-0.39, 0.29) is 0 Å². The van der Waals surface area contributed by atoms with Gasteiger partial charge in [-0.15, -0.1) is 11.3 Å². The zero-order valence-corrected chi connectivity index (χ0v) is 12.4. The maximum atomic E-state index is 10.5. The predicted octanol–water partition coefficient (Wildman–Crippen LogP) is 4.25. The van der Waals surface area contributed by atoms with E-state index in [4.69, 9.17) is 0 Å². The minimum absolute atomic E-state index is 0.550. The summed E-state index contributed by atoms with van der Waals surface area (Å²) in [5, 5.41) is 11.6. The van der Waals surface area contributed by atoms with Crippen molar-refractivity contribution in [1.82, 2.24) is 4.98 Å². The van der Waals surface area contributed by atoms with Crippen molar-refractivity contribution in [1.29, 1.82) is 0 Å². The van der Waals surface area contributed by atoms with Crippen molar-refractivity contribution in [2.24, 2.45) is 0 Å². The van der Waals surface area contributed by atoms with Gasteiger partial charge >= 0.3 is 0 Å². The quantitative estimate of drug-likeness (QED) is 0.779. The van der Waals surface area contributed by atoms with Gasteiger partial charge in [-0.25, -0.2) is 0 Å². The zero-order valence-electron chi connectivity index (χ0n) is 11.6. The molecule has 0 saturated carbocycles. The number of aliphatic hydroxyl groups is 1. The summed E-state index contributed by atoms with van der Waals surface area (Å²) in [7, 11) is 0. The van der Waals surface area contributed by atoms with E-state index < -0.39 is 6.10 Å². The van der Waals surface area contributed by atoms with Crippen LogP contribution in [-0.4, -0.2) is 10.1 Å². The van der Waals surface area contributed by atoms with Gasteiger partial charge in [0.25, 0.3) is 0 Å². The topological polar surface area (TPSA) is 33.1 Å². The third-order valence-electron chi connectivity index (χ3n) is 3.47. The molecule has 102 valence electrons. The summed E-state index contributed by atoms with van der Waals surface area (Å²) >= 11 is 1.68. The fourth-order valence-electron chi connectivity index (χ4n) is 2.31. The fraction of sp³-hybridized carbons (Fsp3) is 0.235. The van der Waals surface area contributed by atoms with Crippen molar-refractivity contribution in [3.63, 3.8) is 0 Å². The van der Waals surface area contributed by atoms with E-state index in [9.17, 15) is 5.11 Å². The Labute approximate surface area is 122 Å². The number of aryl methyl sites for hydroxylation is 2. The van der Waals surface area contributed by atoms with Crippen LogP contribution in [0.15, 0.2) is 42.5 Å². The molecule has 1 aromatic carbocycles. The van der Waals surface area contributed by atoms with Crippen LogP contribution in [-0.2, 0) is 6.42 Å². The van der Waals surface area contributed by atoms with E-state index in [0.29, 0.717) is 0 Å². The lowest BCUT2D eigenvalue weighted by molar-refractivity contribution is 0.224. The van der Waals surface area contributed by atoms with Crippen LogP contribution in [0, 0.1) is 6.92 Å². The van der Waals surface area contributed by atoms with Crippen molar-refractivity contribution in [3.05, 3.63) is 63.5 Å². The normalized spacial score (nSPS) is 12.8. The number of rotatable bonds is 3. The van der Waals surface area contributed by atoms with Crippen LogP contribution < -0.4 is 0 Å². The van der Waals surface area contributed by atoms with Gasteiger partial charge in [-0.2, -0.15) is 0 Å². The molecule has 2 heterocycles. The van der Waals surface area contributed by atoms with Gasteiger partial charge in [-0.05, 0) is 49.2 Å². The van der Waals surface area contributed by atoms with Crippen LogP contribution in [0.2, 0.25) is 0 Å². The second kappa shape index (κ2) is 5.35. The highest BCUT2D eigenvalue weighted by atomic mass is 32.1. The van der Waals surface area contributed by atoms with Crippen molar-refractivity contribution >= 4 is 22.2 Å². The number of benzene rings is 1. The Morgan fingerprint density at radius 3 is 2.75 bits per heavy atom. The van der Waals surface area contributed by atoms with Crippen LogP contribution in [0.4, 0.5) is 0 Å². The lowest BCUT2D eigenvalue weighted by atomic mass is 10.0. The monoisotopic (exact) mass is 283 g/mol. The van der Waals surface area contributed by atoms with Crippen molar-refractivity contribution in [3.8, 4) is 0 Å². The highest BCUT2D eigenvalue weighted by molar-refractivity contribution is 7.12. The van der Waals surface area contributed by atoms with Crippen LogP contribution in [0.3, 0.4) is 0 Å². The smallest absolute Gasteiger partial charge is 0.113 e. The molecule has 0 radical (unpaired) electrons. The van der Waals surface area contributed by atoms with Gasteiger partial charge in [-0.1, -0.05) is 19.1 Å². The summed E-state index contributed by atoms with van der Waals surface area (Å²) in [4.78, 5) is 6.79. The molecule has 2 aromatic heterocycles. The maximum absolute atomic E-state index is 10.5. The van der Waals surface area contributed by atoms with Crippen molar-refractivity contribution in [2.45, 2.75) is 26.4 Å². The molecule has 0 aliphatic heterocycles. The zero-order chi connectivity index (χ0) is 14.1. The summed E-state index contributed by atoms with van der Waals surface area (Å²) in [6.07, 6.45) is 0.462. The van der Waals surface area contributed by atoms with E-state index in [1.54, 1.807) is 11.3 Å². The third-order valence-corrected chi connectivity index (χ3v) is 4.75. The van der Waals surface area contributed by atoms with Gasteiger partial charge in [-0.3, -0.25) is 4.98 Å². The van der Waals surface area contributed by atoms with Gasteiger partial charge in [0.15, 0.2) is 0 Å². The number of nitrogens with zero attached hydrogens (tertiary/aromatic N) is 1. The second-order valence-corrected chi connectivity index (χ2v) is 6.16. The number of fused-ring (bicyclic) bond motifs is 1. The Balaban J connectivity index is 1.98. The lowest BCUT2D eigenvalue weighted by Crippen LogP contribution is -1.97. The van der Waals surface area contributed by atoms with Gasteiger partial charge in [0.05, 0.1) is 5.52 Å². The number of hydrogen-bond donors (Lipinski definition) is 1. The molecule has 1 N–H and O–H groups in total. The minimum atomic E-state index is -0.550.